The van der Waals surface area contributed by atoms with Gasteiger partial charge in [-0.25, -0.2) is 0 Å². The van der Waals surface area contributed by atoms with E-state index in [9.17, 15) is 0 Å². The first-order valence-corrected chi connectivity index (χ1v) is 20.2. The van der Waals surface area contributed by atoms with E-state index in [2.05, 4.69) is 224 Å². The fourth-order valence-electron chi connectivity index (χ4n) is 9.25. The van der Waals surface area contributed by atoms with Gasteiger partial charge in [0.15, 0.2) is 0 Å². The first-order chi connectivity index (χ1) is 28.8. The summed E-state index contributed by atoms with van der Waals surface area (Å²) >= 11 is 0. The summed E-state index contributed by atoms with van der Waals surface area (Å²) in [4.78, 5) is 2.48. The maximum absolute atomic E-state index is 4.02. The number of nitrogens with one attached hydrogen (secondary N) is 1. The summed E-state index contributed by atoms with van der Waals surface area (Å²) in [7, 11) is 0. The molecule has 0 radical (unpaired) electrons. The zero-order valence-corrected chi connectivity index (χ0v) is 32.4. The first kappa shape index (κ1) is 33.8. The van der Waals surface area contributed by atoms with Crippen molar-refractivity contribution < 1.29 is 0 Å². The Bertz CT molecular complexity index is 3270. The van der Waals surface area contributed by atoms with Crippen LogP contribution >= 0.6 is 0 Å². The van der Waals surface area contributed by atoms with Gasteiger partial charge < -0.3 is 19.4 Å². The van der Waals surface area contributed by atoms with Gasteiger partial charge in [0.1, 0.15) is 12.0 Å². The van der Waals surface area contributed by atoms with Crippen LogP contribution in [0.1, 0.15) is 25.6 Å². The van der Waals surface area contributed by atoms with Gasteiger partial charge in [-0.05, 0) is 84.4 Å². The van der Waals surface area contributed by atoms with Gasteiger partial charge in [0, 0.05) is 49.7 Å². The molecule has 1 N–H and O–H groups in total. The van der Waals surface area contributed by atoms with Gasteiger partial charge >= 0.3 is 0 Å². The quantitative estimate of drug-likeness (QED) is 0.190. The van der Waals surface area contributed by atoms with Crippen LogP contribution in [0, 0.1) is 0 Å². The van der Waals surface area contributed by atoms with Crippen LogP contribution < -0.4 is 10.2 Å². The van der Waals surface area contributed by atoms with Crippen molar-refractivity contribution in [3.05, 3.63) is 206 Å². The van der Waals surface area contributed by atoms with E-state index >= 15 is 0 Å². The third kappa shape index (κ3) is 5.03. The van der Waals surface area contributed by atoms with Crippen molar-refractivity contribution in [3.8, 4) is 17.1 Å². The molecular formula is C53H41N5. The Morgan fingerprint density at radius 3 is 1.43 bits per heavy atom. The molecule has 0 spiro atoms. The minimum Gasteiger partial charge on any atom is -0.345 e. The molecule has 1 aliphatic rings. The van der Waals surface area contributed by atoms with Crippen molar-refractivity contribution in [2.45, 2.75) is 20.0 Å². The molecule has 5 heteroatoms. The number of rotatable bonds is 5. The zero-order valence-electron chi connectivity index (χ0n) is 32.4. The highest BCUT2D eigenvalue weighted by molar-refractivity contribution is 6.18. The molecule has 1 unspecified atom stereocenters. The van der Waals surface area contributed by atoms with E-state index in [-0.39, 0.29) is 6.17 Å². The van der Waals surface area contributed by atoms with Gasteiger partial charge in [-0.1, -0.05) is 135 Å². The van der Waals surface area contributed by atoms with Gasteiger partial charge in [0.05, 0.1) is 33.3 Å². The molecule has 12 rings (SSSR count). The minimum absolute atomic E-state index is 0.0789. The van der Waals surface area contributed by atoms with E-state index in [4.69, 9.17) is 0 Å². The topological polar surface area (TPSA) is 30.1 Å². The summed E-state index contributed by atoms with van der Waals surface area (Å²) < 4.78 is 7.26. The summed E-state index contributed by atoms with van der Waals surface area (Å²) in [5.41, 5.74) is 12.8. The molecule has 0 saturated carbocycles. The molecule has 0 aliphatic carbocycles. The second-order valence-corrected chi connectivity index (χ2v) is 14.7. The number of hydrogen-bond donors (Lipinski definition) is 1. The molecule has 4 heterocycles. The summed E-state index contributed by atoms with van der Waals surface area (Å²) in [6.45, 7) is 4.00. The van der Waals surface area contributed by atoms with Crippen LogP contribution in [0.15, 0.2) is 200 Å². The second-order valence-electron chi connectivity index (χ2n) is 14.7. The van der Waals surface area contributed by atoms with Gasteiger partial charge in [-0.2, -0.15) is 0 Å². The van der Waals surface area contributed by atoms with E-state index in [1.165, 1.54) is 60.2 Å². The lowest BCUT2D eigenvalue weighted by Gasteiger charge is -2.28. The average molecular weight is 748 g/mol. The molecule has 278 valence electrons. The molecule has 0 fully saturated rings. The number of anilines is 3. The maximum Gasteiger partial charge on any atom is 0.138 e. The average Bonchev–Trinajstić information content (AvgIpc) is 4.03. The van der Waals surface area contributed by atoms with Gasteiger partial charge in [0.25, 0.3) is 0 Å². The number of hydrogen-bond acceptors (Lipinski definition) is 2. The zero-order chi connectivity index (χ0) is 38.7. The number of aromatic nitrogens is 3. The summed E-state index contributed by atoms with van der Waals surface area (Å²) in [6, 6.07) is 72.4. The Hall–Kier alpha value is -7.50. The standard InChI is InChI=1S/C51H35N5.C2H6/c1-5-17-34(18-6-1)50-52-51-49(56(50)37-23-11-4-12-24-37)43-32-42-40-26-14-16-28-45(40)54(47(42)33-48(43)55(51)36-21-9-3-10-22-36)38-29-30-46-41(31-38)39-25-13-15-27-44(39)53(46)35-19-7-2-8-20-35;1-2/h1-33,50,52H;1-2H3. The predicted molar refractivity (Wildman–Crippen MR) is 245 cm³/mol. The number of nitrogens with zero attached hydrogens (tertiary/aromatic N) is 4. The number of fused-ring (bicyclic) bond motifs is 9. The molecule has 3 aromatic heterocycles. The summed E-state index contributed by atoms with van der Waals surface area (Å²) in [6.07, 6.45) is -0.0789. The molecule has 0 amide bonds. The minimum atomic E-state index is -0.0789. The van der Waals surface area contributed by atoms with Crippen LogP contribution in [0.3, 0.4) is 0 Å². The second kappa shape index (κ2) is 13.6. The van der Waals surface area contributed by atoms with E-state index in [0.717, 1.165) is 34.1 Å². The maximum atomic E-state index is 4.02. The van der Waals surface area contributed by atoms with Crippen LogP contribution in [-0.4, -0.2) is 13.7 Å². The third-order valence-electron chi connectivity index (χ3n) is 11.6. The Labute approximate surface area is 337 Å². The van der Waals surface area contributed by atoms with Crippen LogP contribution in [0.2, 0.25) is 0 Å². The Morgan fingerprint density at radius 2 is 0.810 bits per heavy atom. The van der Waals surface area contributed by atoms with Gasteiger partial charge in [0.2, 0.25) is 0 Å². The smallest absolute Gasteiger partial charge is 0.138 e. The van der Waals surface area contributed by atoms with Crippen LogP contribution in [0.5, 0.6) is 0 Å². The molecule has 0 bridgehead atoms. The fourth-order valence-corrected chi connectivity index (χ4v) is 9.25. The van der Waals surface area contributed by atoms with Gasteiger partial charge in [-0.3, -0.25) is 4.57 Å². The van der Waals surface area contributed by atoms with E-state index in [0.29, 0.717) is 0 Å². The third-order valence-corrected chi connectivity index (χ3v) is 11.6. The normalized spacial score (nSPS) is 13.6. The molecule has 0 saturated heterocycles. The highest BCUT2D eigenvalue weighted by Gasteiger charge is 2.37. The largest absolute Gasteiger partial charge is 0.345 e. The van der Waals surface area contributed by atoms with Crippen molar-refractivity contribution >= 4 is 71.7 Å². The lowest BCUT2D eigenvalue weighted by Crippen LogP contribution is -2.24. The molecule has 1 aliphatic heterocycles. The van der Waals surface area contributed by atoms with Crippen molar-refractivity contribution in [1.82, 2.24) is 13.7 Å². The monoisotopic (exact) mass is 747 g/mol. The molecule has 11 aromatic rings. The van der Waals surface area contributed by atoms with E-state index in [1.807, 2.05) is 13.8 Å². The highest BCUT2D eigenvalue weighted by atomic mass is 15.4. The molecular weight excluding hydrogens is 707 g/mol. The van der Waals surface area contributed by atoms with Crippen LogP contribution in [0.25, 0.3) is 71.6 Å². The van der Waals surface area contributed by atoms with E-state index < -0.39 is 0 Å². The van der Waals surface area contributed by atoms with E-state index in [1.54, 1.807) is 0 Å². The predicted octanol–water partition coefficient (Wildman–Crippen LogP) is 14.1. The van der Waals surface area contributed by atoms with Crippen molar-refractivity contribution in [2.24, 2.45) is 0 Å². The lowest BCUT2D eigenvalue weighted by atomic mass is 10.1. The molecule has 1 atom stereocenters. The Balaban J connectivity index is 0.00000190. The molecule has 58 heavy (non-hydrogen) atoms. The van der Waals surface area contributed by atoms with Crippen molar-refractivity contribution in [2.75, 3.05) is 10.2 Å². The highest BCUT2D eigenvalue weighted by Crippen LogP contribution is 2.53. The van der Waals surface area contributed by atoms with Crippen molar-refractivity contribution in [1.29, 1.82) is 0 Å². The van der Waals surface area contributed by atoms with Gasteiger partial charge in [-0.15, -0.1) is 0 Å². The summed E-state index contributed by atoms with van der Waals surface area (Å²) in [5, 5.41) is 10.2. The first-order valence-electron chi connectivity index (χ1n) is 20.2. The van der Waals surface area contributed by atoms with Crippen LogP contribution in [-0.2, 0) is 0 Å². The Kier molecular flexibility index (Phi) is 7.93. The molecule has 5 nitrogen and oxygen atoms in total. The SMILES string of the molecule is CC.c1ccc(C2Nc3c(c4cc5c6ccccc6n(-c6ccc7c(c6)c6ccccc6n7-c6ccccc6)c5cc4n3-c3ccccc3)N2c2ccccc2)cc1. The summed E-state index contributed by atoms with van der Waals surface area (Å²) in [5.74, 6) is 1.09. The van der Waals surface area contributed by atoms with Crippen LogP contribution in [0.4, 0.5) is 17.2 Å². The Morgan fingerprint density at radius 1 is 0.345 bits per heavy atom. The fraction of sp³-hybridized carbons (Fsp3) is 0.0566. The number of benzene rings is 8. The van der Waals surface area contributed by atoms with Crippen molar-refractivity contribution in [3.63, 3.8) is 0 Å². The lowest BCUT2D eigenvalue weighted by molar-refractivity contribution is 0.823. The number of para-hydroxylation sites is 5. The molecule has 8 aromatic carbocycles.